The maximum atomic E-state index is 13.8. The van der Waals surface area contributed by atoms with E-state index in [4.69, 9.17) is 22.6 Å². The zero-order valence-corrected chi connectivity index (χ0v) is 13.7. The number of hydrogen-bond acceptors (Lipinski definition) is 5. The fourth-order valence-corrected chi connectivity index (χ4v) is 3.19. The summed E-state index contributed by atoms with van der Waals surface area (Å²) in [7, 11) is 0. The lowest BCUT2D eigenvalue weighted by molar-refractivity contribution is 0.178. The van der Waals surface area contributed by atoms with E-state index < -0.39 is 17.6 Å². The van der Waals surface area contributed by atoms with Crippen molar-refractivity contribution < 1.29 is 9.13 Å². The van der Waals surface area contributed by atoms with Gasteiger partial charge in [-0.15, -0.1) is 6.42 Å². The van der Waals surface area contributed by atoms with Crippen LogP contribution in [0.1, 0.15) is 16.7 Å². The fourth-order valence-electron chi connectivity index (χ4n) is 3.19. The Labute approximate surface area is 149 Å². The summed E-state index contributed by atoms with van der Waals surface area (Å²) < 4.78 is 19.7. The lowest BCUT2D eigenvalue weighted by Gasteiger charge is -2.28. The maximum Gasteiger partial charge on any atom is 0.174 e. The van der Waals surface area contributed by atoms with Gasteiger partial charge in [0.25, 0.3) is 0 Å². The first-order valence-corrected chi connectivity index (χ1v) is 7.93. The van der Waals surface area contributed by atoms with Gasteiger partial charge in [0, 0.05) is 29.7 Å². The largest absolute Gasteiger partial charge is 0.470 e. The minimum absolute atomic E-state index is 0.122. The molecule has 2 unspecified atom stereocenters. The zero-order chi connectivity index (χ0) is 18.3. The summed E-state index contributed by atoms with van der Waals surface area (Å²) in [6.45, 7) is 0. The molecule has 26 heavy (non-hydrogen) atoms. The number of fused-ring (bicyclic) bond motifs is 1. The van der Waals surface area contributed by atoms with Crippen LogP contribution in [0.3, 0.4) is 0 Å². The topological polar surface area (TPSA) is 87.0 Å². The predicted molar refractivity (Wildman–Crippen MR) is 95.4 cm³/mol. The number of hydrogen-bond donors (Lipinski definition) is 2. The number of nitrogens with two attached hydrogens (primary N) is 2. The van der Waals surface area contributed by atoms with Crippen molar-refractivity contribution in [2.75, 3.05) is 0 Å². The average Bonchev–Trinajstić information content (AvgIpc) is 2.94. The second-order valence-corrected chi connectivity index (χ2v) is 6.02. The van der Waals surface area contributed by atoms with Crippen molar-refractivity contribution in [2.24, 2.45) is 11.5 Å². The Hall–Kier alpha value is -3.27. The SMILES string of the molecule is C#Cc1cc(C2(N)c3ccnc(-c4ccncc4)c3OC2N)ccc1F. The summed E-state index contributed by atoms with van der Waals surface area (Å²) in [4.78, 5) is 8.42. The summed E-state index contributed by atoms with van der Waals surface area (Å²) in [5.74, 6) is 2.33. The Morgan fingerprint density at radius 3 is 2.65 bits per heavy atom. The number of halogens is 1. The van der Waals surface area contributed by atoms with Gasteiger partial charge in [-0.05, 0) is 35.9 Å². The van der Waals surface area contributed by atoms with Crippen LogP contribution in [0, 0.1) is 18.2 Å². The molecule has 1 aromatic carbocycles. The van der Waals surface area contributed by atoms with Crippen LogP contribution >= 0.6 is 0 Å². The molecule has 1 aliphatic rings. The Kier molecular flexibility index (Phi) is 3.69. The van der Waals surface area contributed by atoms with Crippen molar-refractivity contribution in [3.05, 3.63) is 77.5 Å². The van der Waals surface area contributed by atoms with E-state index in [1.54, 1.807) is 30.7 Å². The summed E-state index contributed by atoms with van der Waals surface area (Å²) in [5.41, 5.74) is 14.5. The minimum Gasteiger partial charge on any atom is -0.470 e. The van der Waals surface area contributed by atoms with Crippen molar-refractivity contribution in [2.45, 2.75) is 11.8 Å². The predicted octanol–water partition coefficient (Wildman–Crippen LogP) is 2.14. The van der Waals surface area contributed by atoms with E-state index in [2.05, 4.69) is 15.9 Å². The molecular formula is C20H15FN4O. The van der Waals surface area contributed by atoms with Crippen LogP contribution in [-0.2, 0) is 5.54 Å². The molecule has 128 valence electrons. The van der Waals surface area contributed by atoms with Crippen LogP contribution in [0.5, 0.6) is 5.75 Å². The summed E-state index contributed by atoms with van der Waals surface area (Å²) >= 11 is 0. The molecule has 0 saturated carbocycles. The molecule has 3 aromatic rings. The fraction of sp³-hybridized carbons (Fsp3) is 0.100. The van der Waals surface area contributed by atoms with Gasteiger partial charge in [-0.3, -0.25) is 15.7 Å². The molecule has 0 amide bonds. The van der Waals surface area contributed by atoms with Gasteiger partial charge in [0.15, 0.2) is 12.0 Å². The van der Waals surface area contributed by atoms with E-state index in [1.807, 2.05) is 12.1 Å². The molecule has 0 fully saturated rings. The maximum absolute atomic E-state index is 13.8. The van der Waals surface area contributed by atoms with Crippen LogP contribution in [-0.4, -0.2) is 16.2 Å². The molecule has 2 atom stereocenters. The Bertz CT molecular complexity index is 1030. The molecule has 6 heteroatoms. The zero-order valence-electron chi connectivity index (χ0n) is 13.7. The molecule has 0 bridgehead atoms. The number of nitrogens with zero attached hydrogens (tertiary/aromatic N) is 2. The number of ether oxygens (including phenoxy) is 1. The highest BCUT2D eigenvalue weighted by Crippen LogP contribution is 2.46. The first-order chi connectivity index (χ1) is 12.6. The van der Waals surface area contributed by atoms with Crippen LogP contribution < -0.4 is 16.2 Å². The highest BCUT2D eigenvalue weighted by molar-refractivity contribution is 5.71. The third kappa shape index (κ3) is 2.26. The summed E-state index contributed by atoms with van der Waals surface area (Å²) in [5, 5.41) is 0. The number of aromatic nitrogens is 2. The molecule has 0 saturated heterocycles. The molecule has 0 aliphatic carbocycles. The monoisotopic (exact) mass is 346 g/mol. The quantitative estimate of drug-likeness (QED) is 0.694. The van der Waals surface area contributed by atoms with E-state index in [9.17, 15) is 4.39 Å². The Morgan fingerprint density at radius 2 is 1.92 bits per heavy atom. The van der Waals surface area contributed by atoms with E-state index in [0.29, 0.717) is 22.6 Å². The first kappa shape index (κ1) is 16.2. The van der Waals surface area contributed by atoms with Crippen LogP contribution in [0.25, 0.3) is 11.3 Å². The van der Waals surface area contributed by atoms with Crippen molar-refractivity contribution >= 4 is 0 Å². The number of terminal acetylenes is 1. The standard InChI is InChI=1S/C20H15FN4O/c1-2-12-11-14(3-4-16(12)21)20(23)15-7-10-25-17(18(15)26-19(20)22)13-5-8-24-9-6-13/h1,3-11,19H,22-23H2. The second kappa shape index (κ2) is 5.92. The number of benzene rings is 1. The van der Waals surface area contributed by atoms with Crippen molar-refractivity contribution in [3.63, 3.8) is 0 Å². The number of rotatable bonds is 2. The van der Waals surface area contributed by atoms with E-state index >= 15 is 0 Å². The molecule has 4 rings (SSSR count). The Balaban J connectivity index is 1.91. The van der Waals surface area contributed by atoms with Gasteiger partial charge in [0.2, 0.25) is 0 Å². The van der Waals surface area contributed by atoms with Crippen molar-refractivity contribution in [3.8, 4) is 29.4 Å². The van der Waals surface area contributed by atoms with Crippen LogP contribution in [0.4, 0.5) is 4.39 Å². The van der Waals surface area contributed by atoms with Crippen LogP contribution in [0.15, 0.2) is 55.0 Å². The van der Waals surface area contributed by atoms with Crippen molar-refractivity contribution in [1.82, 2.24) is 9.97 Å². The molecule has 5 nitrogen and oxygen atoms in total. The van der Waals surface area contributed by atoms with Gasteiger partial charge in [0.05, 0.1) is 5.56 Å². The van der Waals surface area contributed by atoms with E-state index in [1.165, 1.54) is 12.1 Å². The average molecular weight is 346 g/mol. The molecule has 3 heterocycles. The third-order valence-electron chi connectivity index (χ3n) is 4.60. The molecule has 1 aliphatic heterocycles. The summed E-state index contributed by atoms with van der Waals surface area (Å²) in [6.07, 6.45) is 9.48. The normalized spacial score (nSPS) is 20.9. The van der Waals surface area contributed by atoms with E-state index in [0.717, 1.165) is 5.56 Å². The molecule has 2 aromatic heterocycles. The highest BCUT2D eigenvalue weighted by Gasteiger charge is 2.47. The first-order valence-electron chi connectivity index (χ1n) is 7.93. The number of pyridine rings is 2. The Morgan fingerprint density at radius 1 is 1.15 bits per heavy atom. The molecule has 4 N–H and O–H groups in total. The van der Waals surface area contributed by atoms with Gasteiger partial charge in [0.1, 0.15) is 17.1 Å². The molecular weight excluding hydrogens is 331 g/mol. The van der Waals surface area contributed by atoms with Gasteiger partial charge < -0.3 is 10.5 Å². The van der Waals surface area contributed by atoms with Gasteiger partial charge in [-0.1, -0.05) is 12.0 Å². The smallest absolute Gasteiger partial charge is 0.174 e. The third-order valence-corrected chi connectivity index (χ3v) is 4.60. The van der Waals surface area contributed by atoms with Gasteiger partial charge >= 0.3 is 0 Å². The van der Waals surface area contributed by atoms with Crippen LogP contribution in [0.2, 0.25) is 0 Å². The highest BCUT2D eigenvalue weighted by atomic mass is 19.1. The molecule has 0 radical (unpaired) electrons. The lowest BCUT2D eigenvalue weighted by atomic mass is 9.83. The lowest BCUT2D eigenvalue weighted by Crippen LogP contribution is -2.52. The second-order valence-electron chi connectivity index (χ2n) is 6.02. The van der Waals surface area contributed by atoms with Gasteiger partial charge in [-0.2, -0.15) is 0 Å². The van der Waals surface area contributed by atoms with Crippen molar-refractivity contribution in [1.29, 1.82) is 0 Å². The minimum atomic E-state index is -1.18. The molecule has 0 spiro atoms. The van der Waals surface area contributed by atoms with Gasteiger partial charge in [-0.25, -0.2) is 4.39 Å². The van der Waals surface area contributed by atoms with E-state index in [-0.39, 0.29) is 5.56 Å². The summed E-state index contributed by atoms with van der Waals surface area (Å²) in [6, 6.07) is 9.78.